The van der Waals surface area contributed by atoms with Crippen LogP contribution in [0.5, 0.6) is 5.75 Å². The van der Waals surface area contributed by atoms with Crippen molar-refractivity contribution >= 4 is 49.1 Å². The second-order valence-electron chi connectivity index (χ2n) is 4.11. The van der Waals surface area contributed by atoms with Gasteiger partial charge in [0.05, 0.1) is 5.69 Å². The number of benzene rings is 2. The topological polar surface area (TPSA) is 21.3 Å². The zero-order valence-electron chi connectivity index (χ0n) is 10.5. The van der Waals surface area contributed by atoms with Gasteiger partial charge in [-0.2, -0.15) is 8.78 Å². The maximum absolute atomic E-state index is 12.4. The lowest BCUT2D eigenvalue weighted by Crippen LogP contribution is -2.07. The Labute approximate surface area is 142 Å². The van der Waals surface area contributed by atoms with Crippen LogP contribution in [-0.4, -0.2) is 6.61 Å². The Bertz CT molecular complexity index is 640. The molecule has 112 valence electrons. The van der Waals surface area contributed by atoms with Crippen molar-refractivity contribution in [3.63, 3.8) is 0 Å². The van der Waals surface area contributed by atoms with Gasteiger partial charge in [0.2, 0.25) is 0 Å². The molecule has 0 unspecified atom stereocenters. The molecule has 0 spiro atoms. The normalized spacial score (nSPS) is 10.8. The minimum atomic E-state index is -2.86. The van der Waals surface area contributed by atoms with E-state index in [0.29, 0.717) is 17.1 Å². The minimum absolute atomic E-state index is 0.138. The summed E-state index contributed by atoms with van der Waals surface area (Å²) in [6, 6.07) is 10.2. The first-order chi connectivity index (χ1) is 9.95. The number of anilines is 1. The fraction of sp³-hybridized carbons (Fsp3) is 0.143. The summed E-state index contributed by atoms with van der Waals surface area (Å²) in [6.07, 6.45) is 0. The molecule has 0 aromatic heterocycles. The van der Waals surface area contributed by atoms with E-state index in [1.54, 1.807) is 24.3 Å². The van der Waals surface area contributed by atoms with E-state index in [2.05, 4.69) is 41.9 Å². The molecule has 0 aliphatic carbocycles. The molecule has 0 heterocycles. The van der Waals surface area contributed by atoms with Crippen LogP contribution in [0.2, 0.25) is 5.02 Å². The molecule has 0 radical (unpaired) electrons. The summed E-state index contributed by atoms with van der Waals surface area (Å²) in [5, 5.41) is 3.72. The summed E-state index contributed by atoms with van der Waals surface area (Å²) < 4.78 is 30.9. The highest BCUT2D eigenvalue weighted by Gasteiger charge is 2.11. The Morgan fingerprint density at radius 3 is 2.62 bits per heavy atom. The van der Waals surface area contributed by atoms with Crippen molar-refractivity contribution in [2.24, 2.45) is 0 Å². The van der Waals surface area contributed by atoms with Gasteiger partial charge >= 0.3 is 6.61 Å². The molecule has 2 aromatic carbocycles. The summed E-state index contributed by atoms with van der Waals surface area (Å²) in [6.45, 7) is -2.54. The van der Waals surface area contributed by atoms with Gasteiger partial charge in [-0.3, -0.25) is 0 Å². The second-order valence-corrected chi connectivity index (χ2v) is 6.31. The van der Waals surface area contributed by atoms with Gasteiger partial charge in [-0.05, 0) is 52.3 Å². The van der Waals surface area contributed by atoms with Crippen LogP contribution in [0.15, 0.2) is 45.3 Å². The summed E-state index contributed by atoms with van der Waals surface area (Å²) in [4.78, 5) is 0. The summed E-state index contributed by atoms with van der Waals surface area (Å²) in [7, 11) is 0. The van der Waals surface area contributed by atoms with Crippen LogP contribution in [0.4, 0.5) is 14.5 Å². The van der Waals surface area contributed by atoms with E-state index in [1.807, 2.05) is 6.07 Å². The summed E-state index contributed by atoms with van der Waals surface area (Å²) >= 11 is 12.6. The fourth-order valence-electron chi connectivity index (χ4n) is 1.72. The Hall–Kier alpha value is -0.850. The van der Waals surface area contributed by atoms with E-state index in [1.165, 1.54) is 6.07 Å². The van der Waals surface area contributed by atoms with Crippen LogP contribution in [0.3, 0.4) is 0 Å². The van der Waals surface area contributed by atoms with Gasteiger partial charge in [0.15, 0.2) is 0 Å². The minimum Gasteiger partial charge on any atom is -0.434 e. The quantitative estimate of drug-likeness (QED) is 0.607. The number of rotatable bonds is 5. The number of hydrogen-bond acceptors (Lipinski definition) is 2. The first-order valence-corrected chi connectivity index (χ1v) is 7.84. The highest BCUT2D eigenvalue weighted by molar-refractivity contribution is 9.10. The van der Waals surface area contributed by atoms with Crippen molar-refractivity contribution < 1.29 is 13.5 Å². The maximum Gasteiger partial charge on any atom is 0.387 e. The highest BCUT2D eigenvalue weighted by atomic mass is 79.9. The lowest BCUT2D eigenvalue weighted by Gasteiger charge is -2.13. The number of halogens is 5. The molecule has 2 nitrogen and oxygen atoms in total. The largest absolute Gasteiger partial charge is 0.434 e. The Balaban J connectivity index is 2.18. The number of nitrogens with one attached hydrogen (secondary N) is 1. The molecule has 0 aliphatic heterocycles. The maximum atomic E-state index is 12.4. The van der Waals surface area contributed by atoms with Gasteiger partial charge in [-0.1, -0.05) is 27.5 Å². The van der Waals surface area contributed by atoms with Crippen molar-refractivity contribution in [3.05, 3.63) is 55.9 Å². The van der Waals surface area contributed by atoms with Crippen LogP contribution in [0.25, 0.3) is 0 Å². The van der Waals surface area contributed by atoms with E-state index in [0.717, 1.165) is 14.6 Å². The molecular formula is C14H10Br2ClF2NO. The molecule has 0 fully saturated rings. The van der Waals surface area contributed by atoms with E-state index >= 15 is 0 Å². The third-order valence-electron chi connectivity index (χ3n) is 2.64. The van der Waals surface area contributed by atoms with Gasteiger partial charge in [-0.25, -0.2) is 0 Å². The summed E-state index contributed by atoms with van der Waals surface area (Å²) in [5.74, 6) is 0.138. The van der Waals surface area contributed by atoms with Gasteiger partial charge in [-0.15, -0.1) is 0 Å². The van der Waals surface area contributed by atoms with Gasteiger partial charge in [0.1, 0.15) is 5.75 Å². The molecule has 0 saturated carbocycles. The predicted molar refractivity (Wildman–Crippen MR) is 87.3 cm³/mol. The van der Waals surface area contributed by atoms with E-state index in [4.69, 9.17) is 11.6 Å². The third-order valence-corrected chi connectivity index (χ3v) is 4.06. The standard InChI is InChI=1S/C14H10Br2ClF2NO/c15-9-1-4-13(21-14(18)19)8(5-9)7-20-12-6-10(17)2-3-11(12)16/h1-6,14,20H,7H2. The zero-order chi connectivity index (χ0) is 15.4. The predicted octanol–water partition coefficient (Wildman–Crippen LogP) is 6.08. The third kappa shape index (κ3) is 4.83. The SMILES string of the molecule is FC(F)Oc1ccc(Br)cc1CNc1cc(Cl)ccc1Br. The lowest BCUT2D eigenvalue weighted by atomic mass is 10.2. The first-order valence-electron chi connectivity index (χ1n) is 5.88. The first kappa shape index (κ1) is 16.5. The number of hydrogen-bond donors (Lipinski definition) is 1. The Morgan fingerprint density at radius 2 is 1.90 bits per heavy atom. The van der Waals surface area contributed by atoms with Crippen LogP contribution in [0.1, 0.15) is 5.56 Å². The molecule has 0 aliphatic rings. The monoisotopic (exact) mass is 439 g/mol. The molecule has 0 bridgehead atoms. The molecule has 0 saturated heterocycles. The molecule has 2 aromatic rings. The molecule has 7 heteroatoms. The molecule has 0 atom stereocenters. The second kappa shape index (κ2) is 7.42. The number of alkyl halides is 2. The van der Waals surface area contributed by atoms with Gasteiger partial charge in [0, 0.05) is 26.1 Å². The molecule has 0 amide bonds. The van der Waals surface area contributed by atoms with E-state index in [-0.39, 0.29) is 5.75 Å². The van der Waals surface area contributed by atoms with Crippen molar-refractivity contribution in [2.45, 2.75) is 13.2 Å². The van der Waals surface area contributed by atoms with E-state index in [9.17, 15) is 8.78 Å². The van der Waals surface area contributed by atoms with E-state index < -0.39 is 6.61 Å². The van der Waals surface area contributed by atoms with Gasteiger partial charge in [0.25, 0.3) is 0 Å². The van der Waals surface area contributed by atoms with Crippen LogP contribution in [0, 0.1) is 0 Å². The highest BCUT2D eigenvalue weighted by Crippen LogP contribution is 2.29. The van der Waals surface area contributed by atoms with Crippen molar-refractivity contribution in [1.29, 1.82) is 0 Å². The average molecular weight is 441 g/mol. The van der Waals surface area contributed by atoms with Crippen LogP contribution < -0.4 is 10.1 Å². The fourth-order valence-corrected chi connectivity index (χ4v) is 2.69. The molecule has 1 N–H and O–H groups in total. The van der Waals surface area contributed by atoms with Crippen LogP contribution in [-0.2, 0) is 6.54 Å². The molecular weight excluding hydrogens is 431 g/mol. The summed E-state index contributed by atoms with van der Waals surface area (Å²) in [5.41, 5.74) is 1.38. The zero-order valence-corrected chi connectivity index (χ0v) is 14.5. The van der Waals surface area contributed by atoms with Crippen LogP contribution >= 0.6 is 43.5 Å². The number of ether oxygens (including phenoxy) is 1. The Morgan fingerprint density at radius 1 is 1.14 bits per heavy atom. The smallest absolute Gasteiger partial charge is 0.387 e. The molecule has 2 rings (SSSR count). The Kier molecular flexibility index (Phi) is 5.84. The van der Waals surface area contributed by atoms with Crippen molar-refractivity contribution in [3.8, 4) is 5.75 Å². The van der Waals surface area contributed by atoms with Crippen molar-refractivity contribution in [2.75, 3.05) is 5.32 Å². The molecule has 21 heavy (non-hydrogen) atoms. The van der Waals surface area contributed by atoms with Gasteiger partial charge < -0.3 is 10.1 Å². The van der Waals surface area contributed by atoms with Crippen molar-refractivity contribution in [1.82, 2.24) is 0 Å². The average Bonchev–Trinajstić information content (AvgIpc) is 2.42. The lowest BCUT2D eigenvalue weighted by molar-refractivity contribution is -0.0504.